The lowest BCUT2D eigenvalue weighted by atomic mass is 10.0. The van der Waals surface area contributed by atoms with E-state index >= 15 is 0 Å². The molecule has 1 unspecified atom stereocenters. The molecule has 20 heavy (non-hydrogen) atoms. The maximum absolute atomic E-state index is 11.7. The van der Waals surface area contributed by atoms with Gasteiger partial charge in [-0.3, -0.25) is 9.59 Å². The summed E-state index contributed by atoms with van der Waals surface area (Å²) in [7, 11) is 0. The van der Waals surface area contributed by atoms with Crippen LogP contribution < -0.4 is 0 Å². The fourth-order valence-corrected chi connectivity index (χ4v) is 1.81. The third kappa shape index (κ3) is 5.91. The molecule has 1 rings (SSSR count). The molecule has 0 radical (unpaired) electrons. The van der Waals surface area contributed by atoms with Crippen molar-refractivity contribution in [1.82, 2.24) is 9.97 Å². The summed E-state index contributed by atoms with van der Waals surface area (Å²) in [5.41, 5.74) is 0. The van der Waals surface area contributed by atoms with Crippen LogP contribution in [-0.2, 0) is 9.53 Å². The molecule has 1 atom stereocenters. The average Bonchev–Trinajstić information content (AvgIpc) is 2.48. The van der Waals surface area contributed by atoms with Crippen LogP contribution in [0.2, 0.25) is 0 Å². The summed E-state index contributed by atoms with van der Waals surface area (Å²) >= 11 is 0. The molecule has 1 aromatic rings. The normalized spacial score (nSPS) is 11.9. The minimum absolute atomic E-state index is 0.0578. The molecule has 0 saturated heterocycles. The molecule has 0 saturated carbocycles. The maximum Gasteiger partial charge on any atom is 0.313 e. The van der Waals surface area contributed by atoms with Crippen LogP contribution in [0.3, 0.4) is 0 Å². The van der Waals surface area contributed by atoms with Gasteiger partial charge in [-0.05, 0) is 18.4 Å². The molecule has 0 aliphatic heterocycles. The summed E-state index contributed by atoms with van der Waals surface area (Å²) in [6.45, 7) is 4.60. The Labute approximate surface area is 119 Å². The van der Waals surface area contributed by atoms with Gasteiger partial charge in [0.1, 0.15) is 6.42 Å². The highest BCUT2D eigenvalue weighted by Crippen LogP contribution is 2.13. The van der Waals surface area contributed by atoms with Gasteiger partial charge in [-0.15, -0.1) is 0 Å². The van der Waals surface area contributed by atoms with Crippen molar-refractivity contribution in [3.63, 3.8) is 0 Å². The van der Waals surface area contributed by atoms with Crippen LogP contribution in [0.25, 0.3) is 0 Å². The number of hydrogen-bond donors (Lipinski definition) is 0. The Morgan fingerprint density at radius 3 is 2.55 bits per heavy atom. The van der Waals surface area contributed by atoms with Gasteiger partial charge >= 0.3 is 5.97 Å². The molecule has 5 nitrogen and oxygen atoms in total. The molecule has 110 valence electrons. The van der Waals surface area contributed by atoms with E-state index in [1.807, 2.05) is 0 Å². The second-order valence-electron chi connectivity index (χ2n) is 4.77. The van der Waals surface area contributed by atoms with Crippen LogP contribution in [0.15, 0.2) is 18.5 Å². The molecule has 0 aromatic carbocycles. The number of ether oxygens (including phenoxy) is 1. The zero-order valence-corrected chi connectivity index (χ0v) is 12.2. The second-order valence-corrected chi connectivity index (χ2v) is 4.77. The number of Topliss-reactive ketones (excluding diaryl/α,β-unsaturated/α-hetero) is 1. The number of esters is 1. The van der Waals surface area contributed by atoms with Crippen molar-refractivity contribution in [2.45, 2.75) is 46.0 Å². The SMILES string of the molecule is CCCCC(CC)COC(=O)CC(=O)c1ncccn1. The Morgan fingerprint density at radius 1 is 1.25 bits per heavy atom. The molecule has 0 fully saturated rings. The fraction of sp³-hybridized carbons (Fsp3) is 0.600. The van der Waals surface area contributed by atoms with Crippen molar-refractivity contribution in [1.29, 1.82) is 0 Å². The third-order valence-corrected chi connectivity index (χ3v) is 3.14. The van der Waals surface area contributed by atoms with Gasteiger partial charge < -0.3 is 4.74 Å². The minimum atomic E-state index is -0.502. The number of carbonyl (C=O) groups is 2. The zero-order chi connectivity index (χ0) is 14.8. The number of nitrogens with zero attached hydrogens (tertiary/aromatic N) is 2. The van der Waals surface area contributed by atoms with Gasteiger partial charge in [-0.25, -0.2) is 9.97 Å². The second kappa shape index (κ2) is 9.18. The predicted octanol–water partition coefficient (Wildman–Crippen LogP) is 2.81. The van der Waals surface area contributed by atoms with Crippen LogP contribution >= 0.6 is 0 Å². The maximum atomic E-state index is 11.7. The van der Waals surface area contributed by atoms with Crippen molar-refractivity contribution < 1.29 is 14.3 Å². The van der Waals surface area contributed by atoms with Gasteiger partial charge in [0.15, 0.2) is 5.82 Å². The Balaban J connectivity index is 2.34. The van der Waals surface area contributed by atoms with E-state index in [-0.39, 0.29) is 12.2 Å². The smallest absolute Gasteiger partial charge is 0.313 e. The predicted molar refractivity (Wildman–Crippen MR) is 75.2 cm³/mol. The monoisotopic (exact) mass is 278 g/mol. The Bertz CT molecular complexity index is 420. The van der Waals surface area contributed by atoms with E-state index in [4.69, 9.17) is 4.74 Å². The third-order valence-electron chi connectivity index (χ3n) is 3.14. The highest BCUT2D eigenvalue weighted by atomic mass is 16.5. The summed E-state index contributed by atoms with van der Waals surface area (Å²) < 4.78 is 5.17. The Morgan fingerprint density at radius 2 is 1.95 bits per heavy atom. The van der Waals surface area contributed by atoms with E-state index in [0.717, 1.165) is 25.7 Å². The lowest BCUT2D eigenvalue weighted by molar-refractivity contribution is -0.144. The minimum Gasteiger partial charge on any atom is -0.465 e. The molecular weight excluding hydrogens is 256 g/mol. The van der Waals surface area contributed by atoms with Gasteiger partial charge in [0.25, 0.3) is 0 Å². The van der Waals surface area contributed by atoms with Crippen molar-refractivity contribution in [2.75, 3.05) is 6.61 Å². The van der Waals surface area contributed by atoms with Gasteiger partial charge in [-0.2, -0.15) is 0 Å². The number of ketones is 1. The molecule has 0 aliphatic rings. The van der Waals surface area contributed by atoms with Gasteiger partial charge in [-0.1, -0.05) is 33.1 Å². The van der Waals surface area contributed by atoms with Crippen LogP contribution in [0.1, 0.15) is 56.6 Å². The first-order valence-corrected chi connectivity index (χ1v) is 7.13. The zero-order valence-electron chi connectivity index (χ0n) is 12.2. The molecular formula is C15H22N2O3. The summed E-state index contributed by atoms with van der Waals surface area (Å²) in [5, 5.41) is 0. The van der Waals surface area contributed by atoms with Crippen molar-refractivity contribution >= 4 is 11.8 Å². The van der Waals surface area contributed by atoms with E-state index in [0.29, 0.717) is 12.5 Å². The molecule has 5 heteroatoms. The Kier molecular flexibility index (Phi) is 7.47. The van der Waals surface area contributed by atoms with Crippen molar-refractivity contribution in [3.8, 4) is 0 Å². The summed E-state index contributed by atoms with van der Waals surface area (Å²) in [5.74, 6) is -0.473. The average molecular weight is 278 g/mol. The first kappa shape index (κ1) is 16.3. The molecule has 0 amide bonds. The summed E-state index contributed by atoms with van der Waals surface area (Å²) in [6, 6.07) is 1.62. The topological polar surface area (TPSA) is 69.2 Å². The summed E-state index contributed by atoms with van der Waals surface area (Å²) in [6.07, 6.45) is 6.95. The number of rotatable bonds is 9. The fourth-order valence-electron chi connectivity index (χ4n) is 1.81. The van der Waals surface area contributed by atoms with E-state index in [1.54, 1.807) is 6.07 Å². The van der Waals surface area contributed by atoms with Crippen LogP contribution in [-0.4, -0.2) is 28.3 Å². The molecule has 0 aliphatic carbocycles. The molecule has 0 spiro atoms. The van der Waals surface area contributed by atoms with Gasteiger partial charge in [0, 0.05) is 12.4 Å². The van der Waals surface area contributed by atoms with Crippen LogP contribution in [0.4, 0.5) is 0 Å². The lowest BCUT2D eigenvalue weighted by Gasteiger charge is -2.14. The molecule has 0 N–H and O–H groups in total. The van der Waals surface area contributed by atoms with Crippen molar-refractivity contribution in [2.24, 2.45) is 5.92 Å². The molecule has 1 aromatic heterocycles. The molecule has 1 heterocycles. The van der Waals surface area contributed by atoms with E-state index in [1.165, 1.54) is 12.4 Å². The van der Waals surface area contributed by atoms with Crippen LogP contribution in [0, 0.1) is 5.92 Å². The van der Waals surface area contributed by atoms with Crippen molar-refractivity contribution in [3.05, 3.63) is 24.3 Å². The van der Waals surface area contributed by atoms with E-state index < -0.39 is 11.8 Å². The van der Waals surface area contributed by atoms with E-state index in [2.05, 4.69) is 23.8 Å². The quantitative estimate of drug-likeness (QED) is 0.394. The summed E-state index contributed by atoms with van der Waals surface area (Å²) in [4.78, 5) is 31.0. The first-order chi connectivity index (χ1) is 9.67. The first-order valence-electron chi connectivity index (χ1n) is 7.13. The van der Waals surface area contributed by atoms with E-state index in [9.17, 15) is 9.59 Å². The largest absolute Gasteiger partial charge is 0.465 e. The number of carbonyl (C=O) groups excluding carboxylic acids is 2. The number of unbranched alkanes of at least 4 members (excludes halogenated alkanes) is 1. The highest BCUT2D eigenvalue weighted by molar-refractivity contribution is 6.03. The van der Waals surface area contributed by atoms with Gasteiger partial charge in [0.05, 0.1) is 6.61 Å². The molecule has 0 bridgehead atoms. The van der Waals surface area contributed by atoms with Gasteiger partial charge in [0.2, 0.25) is 5.78 Å². The standard InChI is InChI=1S/C15H22N2O3/c1-3-5-7-12(4-2)11-20-14(19)10-13(18)15-16-8-6-9-17-15/h6,8-9,12H,3-5,7,10-11H2,1-2H3. The highest BCUT2D eigenvalue weighted by Gasteiger charge is 2.16. The van der Waals surface area contributed by atoms with Crippen LogP contribution in [0.5, 0.6) is 0 Å². The Hall–Kier alpha value is -1.78. The number of hydrogen-bond acceptors (Lipinski definition) is 5. The lowest BCUT2D eigenvalue weighted by Crippen LogP contribution is -2.17. The number of aromatic nitrogens is 2.